The molecule has 0 radical (unpaired) electrons. The quantitative estimate of drug-likeness (QED) is 0.866. The van der Waals surface area contributed by atoms with Gasteiger partial charge in [-0.15, -0.1) is 0 Å². The topological polar surface area (TPSA) is 67.6 Å². The smallest absolute Gasteiger partial charge is 0.407 e. The van der Waals surface area contributed by atoms with Crippen LogP contribution in [0.4, 0.5) is 4.79 Å². The Bertz CT molecular complexity index is 807. The number of hydrogen-bond donors (Lipinski definition) is 1. The lowest BCUT2D eigenvalue weighted by molar-refractivity contribution is 0.122. The van der Waals surface area contributed by atoms with Gasteiger partial charge >= 0.3 is 6.09 Å². The van der Waals surface area contributed by atoms with E-state index in [0.29, 0.717) is 36.2 Å². The highest BCUT2D eigenvalue weighted by Gasteiger charge is 2.33. The van der Waals surface area contributed by atoms with Crippen LogP contribution in [-0.4, -0.2) is 39.3 Å². The minimum absolute atomic E-state index is 0.294. The summed E-state index contributed by atoms with van der Waals surface area (Å²) in [7, 11) is 1.61. The molecule has 1 aromatic heterocycles. The molecule has 0 saturated carbocycles. The normalized spacial score (nSPS) is 16.8. The van der Waals surface area contributed by atoms with Crippen LogP contribution in [0.2, 0.25) is 10.0 Å². The molecule has 1 unspecified atom stereocenters. The molecule has 3 rings (SSSR count). The van der Waals surface area contributed by atoms with Gasteiger partial charge in [0.25, 0.3) is 0 Å². The molecule has 1 aromatic carbocycles. The number of amides is 1. The second-order valence-electron chi connectivity index (χ2n) is 6.02. The van der Waals surface area contributed by atoms with Crippen molar-refractivity contribution in [1.82, 2.24) is 14.5 Å². The van der Waals surface area contributed by atoms with Crippen molar-refractivity contribution in [3.63, 3.8) is 0 Å². The number of halogens is 2. The molecule has 1 atom stereocenters. The van der Waals surface area contributed by atoms with Crippen molar-refractivity contribution >= 4 is 29.3 Å². The predicted octanol–water partition coefficient (Wildman–Crippen LogP) is 3.98. The van der Waals surface area contributed by atoms with Crippen LogP contribution in [-0.2, 0) is 24.3 Å². The summed E-state index contributed by atoms with van der Waals surface area (Å²) in [5, 5.41) is 10.6. The van der Waals surface area contributed by atoms with Crippen molar-refractivity contribution in [2.45, 2.75) is 32.5 Å². The molecule has 0 aliphatic carbocycles. The van der Waals surface area contributed by atoms with Gasteiger partial charge in [-0.25, -0.2) is 9.78 Å². The fraction of sp³-hybridized carbons (Fsp3) is 0.412. The third-order valence-electron chi connectivity index (χ3n) is 4.47. The number of imidazole rings is 1. The molecule has 25 heavy (non-hydrogen) atoms. The molecule has 2 heterocycles. The maximum Gasteiger partial charge on any atom is 0.407 e. The molecule has 2 aromatic rings. The number of carbonyl (C=O) groups is 1. The highest BCUT2D eigenvalue weighted by molar-refractivity contribution is 6.33. The maximum absolute atomic E-state index is 11.5. The van der Waals surface area contributed by atoms with E-state index in [-0.39, 0.29) is 6.04 Å². The van der Waals surface area contributed by atoms with Crippen molar-refractivity contribution in [2.24, 2.45) is 0 Å². The van der Waals surface area contributed by atoms with E-state index in [1.807, 2.05) is 17.6 Å². The maximum atomic E-state index is 11.5. The van der Waals surface area contributed by atoms with Gasteiger partial charge in [-0.1, -0.05) is 23.2 Å². The Hall–Kier alpha value is -1.76. The summed E-state index contributed by atoms with van der Waals surface area (Å²) < 4.78 is 7.27. The second-order valence-corrected chi connectivity index (χ2v) is 6.86. The Morgan fingerprint density at radius 2 is 2.20 bits per heavy atom. The van der Waals surface area contributed by atoms with E-state index in [2.05, 4.69) is 4.98 Å². The average Bonchev–Trinajstić information content (AvgIpc) is 2.90. The molecule has 1 N–H and O–H groups in total. The van der Waals surface area contributed by atoms with Crippen molar-refractivity contribution in [3.8, 4) is 0 Å². The summed E-state index contributed by atoms with van der Waals surface area (Å²) in [6.07, 6.45) is -0.348. The number of benzene rings is 1. The lowest BCUT2D eigenvalue weighted by Crippen LogP contribution is -2.38. The monoisotopic (exact) mass is 383 g/mol. The Labute approximate surface area is 155 Å². The number of fused-ring (bicyclic) bond motifs is 1. The predicted molar refractivity (Wildman–Crippen MR) is 95.4 cm³/mol. The number of rotatable bonds is 4. The molecule has 0 spiro atoms. The van der Waals surface area contributed by atoms with Gasteiger partial charge in [-0.05, 0) is 30.7 Å². The SMILES string of the molecule is COCc1nc2c(n1Cc1cc(Cl)ccc1Cl)C(C)N(C(=O)O)CC2. The van der Waals surface area contributed by atoms with Gasteiger partial charge in [0.05, 0.1) is 24.0 Å². The van der Waals surface area contributed by atoms with E-state index in [4.69, 9.17) is 27.9 Å². The molecule has 0 saturated heterocycles. The zero-order chi connectivity index (χ0) is 18.1. The van der Waals surface area contributed by atoms with Crippen molar-refractivity contribution in [2.75, 3.05) is 13.7 Å². The van der Waals surface area contributed by atoms with Crippen LogP contribution in [0.1, 0.15) is 35.7 Å². The molecule has 8 heteroatoms. The van der Waals surface area contributed by atoms with Gasteiger partial charge in [0.2, 0.25) is 0 Å². The van der Waals surface area contributed by atoms with E-state index in [1.165, 1.54) is 4.90 Å². The summed E-state index contributed by atoms with van der Waals surface area (Å²) in [5.41, 5.74) is 2.65. The molecule has 1 aliphatic rings. The molecule has 6 nitrogen and oxygen atoms in total. The summed E-state index contributed by atoms with van der Waals surface area (Å²) >= 11 is 12.4. The number of carboxylic acid groups (broad SMARTS) is 1. The minimum atomic E-state index is -0.931. The fourth-order valence-corrected chi connectivity index (χ4v) is 3.67. The minimum Gasteiger partial charge on any atom is -0.465 e. The van der Waals surface area contributed by atoms with Crippen LogP contribution in [0.5, 0.6) is 0 Å². The Kier molecular flexibility index (Phi) is 5.22. The van der Waals surface area contributed by atoms with Crippen LogP contribution in [0.25, 0.3) is 0 Å². The highest BCUT2D eigenvalue weighted by atomic mass is 35.5. The highest BCUT2D eigenvalue weighted by Crippen LogP contribution is 2.32. The van der Waals surface area contributed by atoms with Gasteiger partial charge in [-0.3, -0.25) is 4.90 Å². The van der Waals surface area contributed by atoms with Crippen molar-refractivity contribution in [3.05, 3.63) is 51.0 Å². The van der Waals surface area contributed by atoms with Crippen LogP contribution >= 0.6 is 23.2 Å². The van der Waals surface area contributed by atoms with Gasteiger partial charge in [0, 0.05) is 30.1 Å². The summed E-state index contributed by atoms with van der Waals surface area (Å²) in [5.74, 6) is 0.752. The van der Waals surface area contributed by atoms with E-state index in [1.54, 1.807) is 19.2 Å². The summed E-state index contributed by atoms with van der Waals surface area (Å²) in [6, 6.07) is 5.01. The number of hydrogen-bond acceptors (Lipinski definition) is 3. The van der Waals surface area contributed by atoms with E-state index < -0.39 is 6.09 Å². The van der Waals surface area contributed by atoms with E-state index >= 15 is 0 Å². The van der Waals surface area contributed by atoms with Gasteiger partial charge < -0.3 is 14.4 Å². The van der Waals surface area contributed by atoms with Crippen LogP contribution in [0.3, 0.4) is 0 Å². The molecule has 0 bridgehead atoms. The first-order chi connectivity index (χ1) is 11.9. The van der Waals surface area contributed by atoms with E-state index in [9.17, 15) is 9.90 Å². The first kappa shape index (κ1) is 18.0. The van der Waals surface area contributed by atoms with Gasteiger partial charge in [-0.2, -0.15) is 0 Å². The van der Waals surface area contributed by atoms with Crippen LogP contribution in [0.15, 0.2) is 18.2 Å². The lowest BCUT2D eigenvalue weighted by atomic mass is 10.0. The summed E-state index contributed by atoms with van der Waals surface area (Å²) in [4.78, 5) is 17.6. The number of methoxy groups -OCH3 is 1. The molecular formula is C17H19Cl2N3O3. The van der Waals surface area contributed by atoms with Gasteiger partial charge in [0.15, 0.2) is 0 Å². The molecule has 134 valence electrons. The van der Waals surface area contributed by atoms with Crippen LogP contribution in [0, 0.1) is 0 Å². The van der Waals surface area contributed by atoms with Crippen molar-refractivity contribution < 1.29 is 14.6 Å². The number of nitrogens with zero attached hydrogens (tertiary/aromatic N) is 3. The van der Waals surface area contributed by atoms with Gasteiger partial charge in [0.1, 0.15) is 12.4 Å². The van der Waals surface area contributed by atoms with E-state index in [0.717, 1.165) is 22.8 Å². The number of ether oxygens (including phenoxy) is 1. The third-order valence-corrected chi connectivity index (χ3v) is 5.07. The lowest BCUT2D eigenvalue weighted by Gasteiger charge is -2.32. The standard InChI is InChI=1S/C17H19Cl2N3O3/c1-10-16-14(5-6-21(10)17(23)24)20-15(9-25-2)22(16)8-11-7-12(18)3-4-13(11)19/h3-4,7,10H,5-6,8-9H2,1-2H3,(H,23,24). The second kappa shape index (κ2) is 7.23. The number of aromatic nitrogens is 2. The molecule has 1 amide bonds. The first-order valence-electron chi connectivity index (χ1n) is 7.93. The van der Waals surface area contributed by atoms with Crippen LogP contribution < -0.4 is 0 Å². The zero-order valence-electron chi connectivity index (χ0n) is 14.0. The Balaban J connectivity index is 2.07. The average molecular weight is 384 g/mol. The molecule has 1 aliphatic heterocycles. The van der Waals surface area contributed by atoms with Crippen molar-refractivity contribution in [1.29, 1.82) is 0 Å². The fourth-order valence-electron chi connectivity index (χ4n) is 3.30. The zero-order valence-corrected chi connectivity index (χ0v) is 15.5. The molecular weight excluding hydrogens is 365 g/mol. The third kappa shape index (κ3) is 3.47. The Morgan fingerprint density at radius 1 is 1.44 bits per heavy atom. The first-order valence-corrected chi connectivity index (χ1v) is 8.68. The summed E-state index contributed by atoms with van der Waals surface area (Å²) in [6.45, 7) is 3.11. The molecule has 0 fully saturated rings. The Morgan fingerprint density at radius 3 is 2.88 bits per heavy atom. The largest absolute Gasteiger partial charge is 0.465 e.